The molecule has 0 saturated carbocycles. The van der Waals surface area contributed by atoms with Gasteiger partial charge in [0.1, 0.15) is 5.75 Å². The Morgan fingerprint density at radius 3 is 2.52 bits per heavy atom. The molecule has 0 bridgehead atoms. The quantitative estimate of drug-likeness (QED) is 0.737. The second-order valence-corrected chi connectivity index (χ2v) is 7.10. The van der Waals surface area contributed by atoms with Gasteiger partial charge in [-0.05, 0) is 48.6 Å². The number of methoxy groups -OCH3 is 1. The lowest BCUT2D eigenvalue weighted by Crippen LogP contribution is -2.44. The third-order valence-corrected chi connectivity index (χ3v) is 5.45. The number of para-hydroxylation sites is 1. The van der Waals surface area contributed by atoms with Crippen LogP contribution >= 0.6 is 0 Å². The highest BCUT2D eigenvalue weighted by molar-refractivity contribution is 5.76. The fourth-order valence-electron chi connectivity index (χ4n) is 3.64. The molecular weight excluding hydrogens is 340 g/mol. The van der Waals surface area contributed by atoms with Crippen molar-refractivity contribution >= 4 is 11.6 Å². The van der Waals surface area contributed by atoms with Crippen LogP contribution in [0.15, 0.2) is 48.5 Å². The molecule has 1 aliphatic heterocycles. The number of nitrogens with one attached hydrogen (secondary N) is 1. The van der Waals surface area contributed by atoms with Crippen LogP contribution in [0, 0.1) is 0 Å². The van der Waals surface area contributed by atoms with E-state index in [9.17, 15) is 4.79 Å². The number of rotatable bonds is 7. The van der Waals surface area contributed by atoms with Gasteiger partial charge in [-0.1, -0.05) is 30.3 Å². The maximum Gasteiger partial charge on any atom is 0.220 e. The van der Waals surface area contributed by atoms with Crippen molar-refractivity contribution < 1.29 is 14.3 Å². The van der Waals surface area contributed by atoms with Gasteiger partial charge in [-0.25, -0.2) is 0 Å². The van der Waals surface area contributed by atoms with E-state index >= 15 is 0 Å². The van der Waals surface area contributed by atoms with Gasteiger partial charge in [-0.3, -0.25) is 4.79 Å². The van der Waals surface area contributed by atoms with Crippen LogP contribution in [0.1, 0.15) is 30.4 Å². The van der Waals surface area contributed by atoms with Crippen LogP contribution in [0.5, 0.6) is 5.75 Å². The summed E-state index contributed by atoms with van der Waals surface area (Å²) in [6, 6.07) is 15.8. The van der Waals surface area contributed by atoms with E-state index in [2.05, 4.69) is 17.4 Å². The van der Waals surface area contributed by atoms with Gasteiger partial charge in [-0.2, -0.15) is 0 Å². The number of hydrogen-bond donors (Lipinski definition) is 2. The zero-order chi connectivity index (χ0) is 19.1. The Morgan fingerprint density at radius 1 is 1.15 bits per heavy atom. The Bertz CT molecular complexity index is 752. The average Bonchev–Trinajstić information content (AvgIpc) is 2.72. The number of nitrogen functional groups attached to an aromatic ring is 1. The summed E-state index contributed by atoms with van der Waals surface area (Å²) < 4.78 is 10.8. The smallest absolute Gasteiger partial charge is 0.220 e. The van der Waals surface area contributed by atoms with E-state index in [0.29, 0.717) is 32.6 Å². The molecule has 3 rings (SSSR count). The lowest BCUT2D eigenvalue weighted by atomic mass is 9.74. The largest absolute Gasteiger partial charge is 0.497 e. The Balaban J connectivity index is 1.62. The van der Waals surface area contributed by atoms with Gasteiger partial charge in [0, 0.05) is 37.3 Å². The molecule has 1 heterocycles. The number of ether oxygens (including phenoxy) is 2. The third kappa shape index (κ3) is 4.80. The number of anilines is 1. The zero-order valence-corrected chi connectivity index (χ0v) is 15.9. The fourth-order valence-corrected chi connectivity index (χ4v) is 3.64. The Morgan fingerprint density at radius 2 is 1.85 bits per heavy atom. The molecule has 0 aliphatic carbocycles. The number of nitrogens with two attached hydrogens (primary N) is 1. The minimum atomic E-state index is -0.0913. The van der Waals surface area contributed by atoms with Crippen LogP contribution in [-0.4, -0.2) is 32.8 Å². The highest BCUT2D eigenvalue weighted by atomic mass is 16.5. The van der Waals surface area contributed by atoms with E-state index in [1.54, 1.807) is 7.11 Å². The normalized spacial score (nSPS) is 15.9. The molecular formula is C22H28N2O3. The van der Waals surface area contributed by atoms with Crippen LogP contribution in [0.25, 0.3) is 0 Å². The summed E-state index contributed by atoms with van der Waals surface area (Å²) in [5.74, 6) is 0.892. The number of aryl methyl sites for hydroxylation is 1. The first-order chi connectivity index (χ1) is 13.1. The molecule has 0 atom stereocenters. The van der Waals surface area contributed by atoms with Crippen molar-refractivity contribution in [3.05, 3.63) is 59.7 Å². The molecule has 1 aliphatic rings. The van der Waals surface area contributed by atoms with Crippen molar-refractivity contribution in [2.45, 2.75) is 31.1 Å². The number of carbonyl (C=O) groups is 1. The van der Waals surface area contributed by atoms with Gasteiger partial charge in [0.05, 0.1) is 7.11 Å². The van der Waals surface area contributed by atoms with Gasteiger partial charge in [0.2, 0.25) is 5.91 Å². The first kappa shape index (κ1) is 19.2. The molecule has 5 nitrogen and oxygen atoms in total. The lowest BCUT2D eigenvalue weighted by molar-refractivity contribution is -0.121. The molecule has 1 saturated heterocycles. The predicted molar refractivity (Wildman–Crippen MR) is 107 cm³/mol. The van der Waals surface area contributed by atoms with Crippen LogP contribution in [0.3, 0.4) is 0 Å². The number of hydrogen-bond acceptors (Lipinski definition) is 4. The van der Waals surface area contributed by atoms with Crippen molar-refractivity contribution in [2.75, 3.05) is 32.6 Å². The highest BCUT2D eigenvalue weighted by Gasteiger charge is 2.34. The predicted octanol–water partition coefficient (Wildman–Crippen LogP) is 3.07. The van der Waals surface area contributed by atoms with Gasteiger partial charge < -0.3 is 20.5 Å². The molecule has 0 spiro atoms. The Hall–Kier alpha value is -2.53. The second-order valence-electron chi connectivity index (χ2n) is 7.10. The molecule has 2 aromatic rings. The third-order valence-electron chi connectivity index (χ3n) is 5.45. The van der Waals surface area contributed by atoms with Crippen molar-refractivity contribution in [1.29, 1.82) is 0 Å². The summed E-state index contributed by atoms with van der Waals surface area (Å²) in [5, 5.41) is 3.14. The monoisotopic (exact) mass is 368 g/mol. The standard InChI is InChI=1S/C22H28N2O3/c1-26-19-9-7-18(8-10-19)22(12-14-27-15-13-22)16-24-21(25)11-6-17-4-2-3-5-20(17)23/h2-5,7-10H,6,11-16,23H2,1H3,(H,24,25). The van der Waals surface area contributed by atoms with Gasteiger partial charge in [0.25, 0.3) is 0 Å². The van der Waals surface area contributed by atoms with Gasteiger partial charge in [0.15, 0.2) is 0 Å². The molecule has 3 N–H and O–H groups in total. The average molecular weight is 368 g/mol. The summed E-state index contributed by atoms with van der Waals surface area (Å²) in [6.45, 7) is 2.04. The molecule has 27 heavy (non-hydrogen) atoms. The summed E-state index contributed by atoms with van der Waals surface area (Å²) >= 11 is 0. The van der Waals surface area contributed by atoms with Crippen molar-refractivity contribution in [1.82, 2.24) is 5.32 Å². The first-order valence-corrected chi connectivity index (χ1v) is 9.45. The van der Waals surface area contributed by atoms with E-state index in [-0.39, 0.29) is 11.3 Å². The molecule has 0 aromatic heterocycles. The van der Waals surface area contributed by atoms with Crippen LogP contribution in [0.2, 0.25) is 0 Å². The number of carbonyl (C=O) groups excluding carboxylic acids is 1. The molecule has 1 fully saturated rings. The summed E-state index contributed by atoms with van der Waals surface area (Å²) in [7, 11) is 1.67. The molecule has 0 unspecified atom stereocenters. The molecule has 0 radical (unpaired) electrons. The summed E-state index contributed by atoms with van der Waals surface area (Å²) in [5.41, 5.74) is 8.85. The van der Waals surface area contributed by atoms with Crippen molar-refractivity contribution in [2.24, 2.45) is 0 Å². The maximum atomic E-state index is 12.4. The fraction of sp³-hybridized carbons (Fsp3) is 0.409. The summed E-state index contributed by atoms with van der Waals surface area (Å²) in [6.07, 6.45) is 2.87. The Labute approximate surface area is 160 Å². The van der Waals surface area contributed by atoms with Crippen LogP contribution in [-0.2, 0) is 21.4 Å². The van der Waals surface area contributed by atoms with E-state index in [0.717, 1.165) is 29.8 Å². The van der Waals surface area contributed by atoms with Crippen molar-refractivity contribution in [3.63, 3.8) is 0 Å². The van der Waals surface area contributed by atoms with Gasteiger partial charge in [-0.15, -0.1) is 0 Å². The molecule has 2 aromatic carbocycles. The zero-order valence-electron chi connectivity index (χ0n) is 15.9. The number of benzene rings is 2. The van der Waals surface area contributed by atoms with E-state index in [1.165, 1.54) is 5.56 Å². The highest BCUT2D eigenvalue weighted by Crippen LogP contribution is 2.35. The summed E-state index contributed by atoms with van der Waals surface area (Å²) in [4.78, 5) is 12.4. The van der Waals surface area contributed by atoms with E-state index in [1.807, 2.05) is 36.4 Å². The van der Waals surface area contributed by atoms with Crippen LogP contribution in [0.4, 0.5) is 5.69 Å². The molecule has 1 amide bonds. The maximum absolute atomic E-state index is 12.4. The Kier molecular flexibility index (Phi) is 6.35. The first-order valence-electron chi connectivity index (χ1n) is 9.45. The minimum Gasteiger partial charge on any atom is -0.497 e. The molecule has 5 heteroatoms. The second kappa shape index (κ2) is 8.91. The lowest BCUT2D eigenvalue weighted by Gasteiger charge is -2.38. The topological polar surface area (TPSA) is 73.6 Å². The minimum absolute atomic E-state index is 0.0534. The van der Waals surface area contributed by atoms with Crippen LogP contribution < -0.4 is 15.8 Å². The number of amides is 1. The van der Waals surface area contributed by atoms with Gasteiger partial charge >= 0.3 is 0 Å². The van der Waals surface area contributed by atoms with Crippen molar-refractivity contribution in [3.8, 4) is 5.75 Å². The molecule has 144 valence electrons. The van der Waals surface area contributed by atoms with E-state index < -0.39 is 0 Å². The van der Waals surface area contributed by atoms with E-state index in [4.69, 9.17) is 15.2 Å². The SMILES string of the molecule is COc1ccc(C2(CNC(=O)CCc3ccccc3N)CCOCC2)cc1.